The summed E-state index contributed by atoms with van der Waals surface area (Å²) in [5.74, 6) is -0.804. The number of nitrogens with one attached hydrogen (secondary N) is 1. The van der Waals surface area contributed by atoms with Crippen molar-refractivity contribution in [3.63, 3.8) is 0 Å². The van der Waals surface area contributed by atoms with Crippen molar-refractivity contribution in [2.75, 3.05) is 31.6 Å². The first-order valence-corrected chi connectivity index (χ1v) is 12.2. The van der Waals surface area contributed by atoms with E-state index in [1.54, 1.807) is 37.4 Å². The molecule has 2 fully saturated rings. The smallest absolute Gasteiger partial charge is 0.408 e. The quantitative estimate of drug-likeness (QED) is 0.600. The first-order chi connectivity index (χ1) is 14.5. The SMILES string of the molecule is CSCCC(NC(=O)OC(C)(C)C)C(=O)N1CCC(C(=O)N2CCCC2C(=O)O)CC1. The molecule has 10 heteroatoms. The molecule has 0 aromatic heterocycles. The molecule has 9 nitrogen and oxygen atoms in total. The van der Waals surface area contributed by atoms with Crippen LogP contribution in [0, 0.1) is 5.92 Å². The van der Waals surface area contributed by atoms with Crippen molar-refractivity contribution in [3.05, 3.63) is 0 Å². The Labute approximate surface area is 188 Å². The van der Waals surface area contributed by atoms with Crippen molar-refractivity contribution in [2.24, 2.45) is 5.92 Å². The number of carbonyl (C=O) groups excluding carboxylic acids is 3. The molecule has 2 heterocycles. The minimum atomic E-state index is -0.955. The van der Waals surface area contributed by atoms with Crippen LogP contribution in [-0.4, -0.2) is 88.1 Å². The van der Waals surface area contributed by atoms with E-state index < -0.39 is 29.7 Å². The van der Waals surface area contributed by atoms with E-state index in [0.717, 1.165) is 0 Å². The third kappa shape index (κ3) is 7.29. The number of carboxylic acids is 1. The maximum Gasteiger partial charge on any atom is 0.408 e. The van der Waals surface area contributed by atoms with Gasteiger partial charge >= 0.3 is 12.1 Å². The molecule has 2 saturated heterocycles. The molecule has 2 atom stereocenters. The first-order valence-electron chi connectivity index (χ1n) is 10.8. The predicted molar refractivity (Wildman–Crippen MR) is 118 cm³/mol. The summed E-state index contributed by atoms with van der Waals surface area (Å²) in [6.45, 7) is 6.60. The molecule has 2 aliphatic heterocycles. The van der Waals surface area contributed by atoms with Crippen molar-refractivity contribution in [2.45, 2.75) is 70.6 Å². The summed E-state index contributed by atoms with van der Waals surface area (Å²) in [6.07, 6.45) is 4.00. The van der Waals surface area contributed by atoms with Gasteiger partial charge < -0.3 is 25.0 Å². The highest BCUT2D eigenvalue weighted by Crippen LogP contribution is 2.26. The van der Waals surface area contributed by atoms with Crippen molar-refractivity contribution in [1.82, 2.24) is 15.1 Å². The standard InChI is InChI=1S/C21H35N3O6S/c1-21(2,3)30-20(29)22-15(9-13-31-4)18(26)23-11-7-14(8-12-23)17(25)24-10-5-6-16(24)19(27)28/h14-16H,5-13H2,1-4H3,(H,22,29)(H,27,28). The molecule has 31 heavy (non-hydrogen) atoms. The largest absolute Gasteiger partial charge is 0.480 e. The Balaban J connectivity index is 1.93. The monoisotopic (exact) mass is 457 g/mol. The molecule has 176 valence electrons. The minimum Gasteiger partial charge on any atom is -0.480 e. The Morgan fingerprint density at radius 3 is 2.32 bits per heavy atom. The predicted octanol–water partition coefficient (Wildman–Crippen LogP) is 1.95. The van der Waals surface area contributed by atoms with E-state index in [4.69, 9.17) is 4.74 Å². The maximum absolute atomic E-state index is 13.1. The van der Waals surface area contributed by atoms with Gasteiger partial charge in [0, 0.05) is 25.6 Å². The third-order valence-corrected chi connectivity index (χ3v) is 6.22. The van der Waals surface area contributed by atoms with E-state index in [0.29, 0.717) is 57.5 Å². The summed E-state index contributed by atoms with van der Waals surface area (Å²) in [5, 5.41) is 12.0. The fourth-order valence-corrected chi connectivity index (χ4v) is 4.50. The van der Waals surface area contributed by atoms with Crippen molar-refractivity contribution in [3.8, 4) is 0 Å². The lowest BCUT2D eigenvalue weighted by Gasteiger charge is -2.36. The zero-order valence-electron chi connectivity index (χ0n) is 18.9. The van der Waals surface area contributed by atoms with Crippen LogP contribution in [0.25, 0.3) is 0 Å². The second-order valence-electron chi connectivity index (χ2n) is 9.11. The maximum atomic E-state index is 13.1. The number of nitrogens with zero attached hydrogens (tertiary/aromatic N) is 2. The molecule has 0 bridgehead atoms. The van der Waals surface area contributed by atoms with Crippen LogP contribution in [-0.2, 0) is 19.1 Å². The van der Waals surface area contributed by atoms with Gasteiger partial charge in [-0.05, 0) is 64.9 Å². The number of aliphatic carboxylic acids is 1. The minimum absolute atomic E-state index is 0.122. The summed E-state index contributed by atoms with van der Waals surface area (Å²) in [4.78, 5) is 52.6. The number of carbonyl (C=O) groups is 4. The molecule has 0 aliphatic carbocycles. The first kappa shape index (κ1) is 25.3. The van der Waals surface area contributed by atoms with Crippen LogP contribution in [0.5, 0.6) is 0 Å². The lowest BCUT2D eigenvalue weighted by Crippen LogP contribution is -2.53. The summed E-state index contributed by atoms with van der Waals surface area (Å²) in [7, 11) is 0. The van der Waals surface area contributed by atoms with Gasteiger partial charge in [-0.2, -0.15) is 11.8 Å². The Hall–Kier alpha value is -1.97. The number of ether oxygens (including phenoxy) is 1. The summed E-state index contributed by atoms with van der Waals surface area (Å²) in [5.41, 5.74) is -0.653. The second kappa shape index (κ2) is 11.1. The number of alkyl carbamates (subject to hydrolysis) is 1. The molecule has 0 aromatic carbocycles. The number of likely N-dealkylation sites (tertiary alicyclic amines) is 2. The van der Waals surface area contributed by atoms with E-state index in [1.807, 2.05) is 6.26 Å². The van der Waals surface area contributed by atoms with Crippen LogP contribution < -0.4 is 5.32 Å². The number of hydrogen-bond acceptors (Lipinski definition) is 6. The molecule has 0 saturated carbocycles. The Morgan fingerprint density at radius 2 is 1.77 bits per heavy atom. The van der Waals surface area contributed by atoms with Crippen molar-refractivity contribution < 1.29 is 29.0 Å². The van der Waals surface area contributed by atoms with Crippen LogP contribution in [0.4, 0.5) is 4.79 Å². The number of thioether (sulfide) groups is 1. The average Bonchev–Trinajstić information content (AvgIpc) is 3.19. The molecule has 0 aromatic rings. The van der Waals surface area contributed by atoms with Gasteiger partial charge in [-0.15, -0.1) is 0 Å². The summed E-state index contributed by atoms with van der Waals surface area (Å²) < 4.78 is 5.29. The molecule has 0 spiro atoms. The van der Waals surface area contributed by atoms with Gasteiger partial charge in [0.1, 0.15) is 17.7 Å². The fraction of sp³-hybridized carbons (Fsp3) is 0.810. The van der Waals surface area contributed by atoms with Crippen molar-refractivity contribution >= 4 is 35.6 Å². The van der Waals surface area contributed by atoms with Gasteiger partial charge in [-0.3, -0.25) is 9.59 Å². The van der Waals surface area contributed by atoms with Crippen LogP contribution in [0.1, 0.15) is 52.9 Å². The molecule has 2 rings (SSSR count). The van der Waals surface area contributed by atoms with Crippen LogP contribution >= 0.6 is 11.8 Å². The van der Waals surface area contributed by atoms with Crippen LogP contribution in [0.2, 0.25) is 0 Å². The van der Waals surface area contributed by atoms with Gasteiger partial charge in [0.2, 0.25) is 11.8 Å². The molecular weight excluding hydrogens is 422 g/mol. The number of carboxylic acid groups (broad SMARTS) is 1. The van der Waals surface area contributed by atoms with Gasteiger partial charge in [0.25, 0.3) is 0 Å². The Bertz CT molecular complexity index is 673. The van der Waals surface area contributed by atoms with E-state index in [-0.39, 0.29) is 17.7 Å². The van der Waals surface area contributed by atoms with E-state index in [1.165, 1.54) is 4.90 Å². The lowest BCUT2D eigenvalue weighted by atomic mass is 9.94. The highest BCUT2D eigenvalue weighted by Gasteiger charge is 2.39. The second-order valence-corrected chi connectivity index (χ2v) is 10.1. The summed E-state index contributed by atoms with van der Waals surface area (Å²) in [6, 6.07) is -1.41. The molecular formula is C21H35N3O6S. The third-order valence-electron chi connectivity index (χ3n) is 5.58. The molecule has 2 aliphatic rings. The highest BCUT2D eigenvalue weighted by atomic mass is 32.2. The molecule has 0 radical (unpaired) electrons. The number of piperidine rings is 1. The normalized spacial score (nSPS) is 21.0. The zero-order chi connectivity index (χ0) is 23.2. The number of rotatable bonds is 7. The Morgan fingerprint density at radius 1 is 1.13 bits per heavy atom. The van der Waals surface area contributed by atoms with E-state index >= 15 is 0 Å². The highest BCUT2D eigenvalue weighted by molar-refractivity contribution is 7.98. The number of amides is 3. The molecule has 2 unspecified atom stereocenters. The zero-order valence-corrected chi connectivity index (χ0v) is 19.7. The molecule has 3 amide bonds. The lowest BCUT2D eigenvalue weighted by molar-refractivity contribution is -0.151. The average molecular weight is 458 g/mol. The topological polar surface area (TPSA) is 116 Å². The van der Waals surface area contributed by atoms with Gasteiger partial charge in [0.05, 0.1) is 0 Å². The van der Waals surface area contributed by atoms with E-state index in [2.05, 4.69) is 5.32 Å². The number of hydrogen-bond donors (Lipinski definition) is 2. The van der Waals surface area contributed by atoms with Gasteiger partial charge in [0.15, 0.2) is 0 Å². The molecule has 2 N–H and O–H groups in total. The summed E-state index contributed by atoms with van der Waals surface area (Å²) >= 11 is 1.59. The Kier molecular flexibility index (Phi) is 9.02. The van der Waals surface area contributed by atoms with Crippen LogP contribution in [0.3, 0.4) is 0 Å². The van der Waals surface area contributed by atoms with Crippen molar-refractivity contribution in [1.29, 1.82) is 0 Å². The van der Waals surface area contributed by atoms with Gasteiger partial charge in [-0.25, -0.2) is 9.59 Å². The van der Waals surface area contributed by atoms with Gasteiger partial charge in [-0.1, -0.05) is 0 Å². The fourth-order valence-electron chi connectivity index (χ4n) is 4.03. The van der Waals surface area contributed by atoms with Crippen LogP contribution in [0.15, 0.2) is 0 Å². The van der Waals surface area contributed by atoms with E-state index in [9.17, 15) is 24.3 Å².